The van der Waals surface area contributed by atoms with Gasteiger partial charge in [0, 0.05) is 0 Å². The Morgan fingerprint density at radius 2 is 0.852 bits per heavy atom. The Labute approximate surface area is 170 Å². The van der Waals surface area contributed by atoms with E-state index in [9.17, 15) is 0 Å². The first-order valence-electron chi connectivity index (χ1n) is 9.21. The van der Waals surface area contributed by atoms with E-state index in [-0.39, 0.29) is 0 Å². The Balaban J connectivity index is 2.02. The summed E-state index contributed by atoms with van der Waals surface area (Å²) >= 11 is 3.34. The van der Waals surface area contributed by atoms with Crippen molar-refractivity contribution in [2.45, 2.75) is 4.44 Å². The quantitative estimate of drug-likeness (QED) is 0.371. The van der Waals surface area contributed by atoms with E-state index in [1.54, 1.807) is 0 Å². The zero-order valence-electron chi connectivity index (χ0n) is 15.1. The van der Waals surface area contributed by atoms with E-state index in [1.807, 2.05) is 12.1 Å². The maximum absolute atomic E-state index is 6.63. The molecule has 0 radical (unpaired) electrons. The van der Waals surface area contributed by atoms with Gasteiger partial charge >= 0.3 is 171 Å². The van der Waals surface area contributed by atoms with Crippen molar-refractivity contribution in [1.82, 2.24) is 0 Å². The second-order valence-corrected chi connectivity index (χ2v) is 18.3. The van der Waals surface area contributed by atoms with Gasteiger partial charge in [-0.1, -0.05) is 0 Å². The van der Waals surface area contributed by atoms with Crippen LogP contribution < -0.4 is 10.7 Å². The molecule has 4 aromatic carbocycles. The van der Waals surface area contributed by atoms with E-state index in [0.29, 0.717) is 0 Å². The molecule has 0 N–H and O–H groups in total. The second-order valence-electron chi connectivity index (χ2n) is 6.77. The first-order valence-corrected chi connectivity index (χ1v) is 15.9. The van der Waals surface area contributed by atoms with Crippen molar-refractivity contribution < 1.29 is 0 Å². The van der Waals surface area contributed by atoms with Crippen molar-refractivity contribution in [3.63, 3.8) is 0 Å². The van der Waals surface area contributed by atoms with Gasteiger partial charge in [-0.25, -0.2) is 0 Å². The normalized spacial score (nSPS) is 11.3. The third-order valence-corrected chi connectivity index (χ3v) is 19.5. The van der Waals surface area contributed by atoms with Crippen LogP contribution in [0.25, 0.3) is 0 Å². The number of rotatable bonds is 5. The van der Waals surface area contributed by atoms with Crippen LogP contribution in [0.15, 0.2) is 115 Å². The molecule has 4 rings (SSSR count). The molecule has 0 heterocycles. The van der Waals surface area contributed by atoms with Gasteiger partial charge in [-0.15, -0.1) is 0 Å². The number of benzene rings is 4. The summed E-state index contributed by atoms with van der Waals surface area (Å²) in [5, 5.41) is 0.862. The number of hydrogen-bond acceptors (Lipinski definition) is 0. The van der Waals surface area contributed by atoms with E-state index in [0.717, 1.165) is 9.46 Å². The van der Waals surface area contributed by atoms with Crippen molar-refractivity contribution in [3.8, 4) is 0 Å². The molecule has 0 amide bonds. The van der Waals surface area contributed by atoms with Gasteiger partial charge in [0.05, 0.1) is 0 Å². The molecule has 0 unspecified atom stereocenters. The summed E-state index contributed by atoms with van der Waals surface area (Å²) in [4.78, 5) is 0. The molecule has 0 fully saturated rings. The molecule has 0 aliphatic carbocycles. The van der Waals surface area contributed by atoms with Gasteiger partial charge in [0.2, 0.25) is 0 Å². The summed E-state index contributed by atoms with van der Waals surface area (Å²) in [5.74, 6) is 0. The van der Waals surface area contributed by atoms with Gasteiger partial charge in [0.25, 0.3) is 0 Å². The predicted octanol–water partition coefficient (Wildman–Crippen LogP) is 4.59. The molecule has 0 aliphatic heterocycles. The number of hydrogen-bond donors (Lipinski definition) is 0. The maximum atomic E-state index is 6.63. The average molecular weight is 476 g/mol. The van der Waals surface area contributed by atoms with E-state index >= 15 is 0 Å². The van der Waals surface area contributed by atoms with Crippen molar-refractivity contribution in [1.29, 1.82) is 0 Å². The molecular formula is C25H21ClSn. The van der Waals surface area contributed by atoms with Crippen LogP contribution in [0.2, 0.25) is 5.02 Å². The van der Waals surface area contributed by atoms with Crippen molar-refractivity contribution in [3.05, 3.63) is 126 Å². The molecule has 4 aromatic rings. The zero-order valence-corrected chi connectivity index (χ0v) is 18.7. The van der Waals surface area contributed by atoms with Crippen LogP contribution in [0.5, 0.6) is 0 Å². The Morgan fingerprint density at radius 3 is 1.26 bits per heavy atom. The number of halogens is 1. The minimum atomic E-state index is -3.29. The molecular weight excluding hydrogens is 454 g/mol. The minimum absolute atomic E-state index is 0.862. The summed E-state index contributed by atoms with van der Waals surface area (Å²) in [6.45, 7) is 0. The molecule has 0 spiro atoms. The van der Waals surface area contributed by atoms with Gasteiger partial charge in [-0.3, -0.25) is 0 Å². The second kappa shape index (κ2) is 8.33. The molecule has 27 heavy (non-hydrogen) atoms. The van der Waals surface area contributed by atoms with Crippen molar-refractivity contribution >= 4 is 40.7 Å². The van der Waals surface area contributed by atoms with Crippen LogP contribution >= 0.6 is 11.6 Å². The molecule has 0 aromatic heterocycles. The first kappa shape index (κ1) is 18.3. The third-order valence-electron chi connectivity index (χ3n) is 5.21. The Bertz CT molecular complexity index is 901. The fourth-order valence-corrected chi connectivity index (χ4v) is 18.1. The third kappa shape index (κ3) is 3.69. The van der Waals surface area contributed by atoms with E-state index in [4.69, 9.17) is 11.6 Å². The van der Waals surface area contributed by atoms with Crippen LogP contribution in [-0.2, 0) is 4.44 Å². The molecule has 0 nitrogen and oxygen atoms in total. The molecule has 0 aliphatic rings. The van der Waals surface area contributed by atoms with Crippen LogP contribution in [0, 0.1) is 0 Å². The molecule has 0 saturated carbocycles. The average Bonchev–Trinajstić information content (AvgIpc) is 2.75. The van der Waals surface area contributed by atoms with E-state index < -0.39 is 18.4 Å². The molecule has 2 heteroatoms. The summed E-state index contributed by atoms with van der Waals surface area (Å²) in [6, 6.07) is 41.5. The van der Waals surface area contributed by atoms with Crippen molar-refractivity contribution in [2.24, 2.45) is 0 Å². The fourth-order valence-electron chi connectivity index (χ4n) is 3.90. The molecule has 132 valence electrons. The first-order chi connectivity index (χ1) is 13.3. The van der Waals surface area contributed by atoms with Gasteiger partial charge in [-0.05, 0) is 0 Å². The Hall–Kier alpha value is -2.03. The van der Waals surface area contributed by atoms with Gasteiger partial charge < -0.3 is 0 Å². The zero-order chi connectivity index (χ0) is 18.5. The molecule has 0 bridgehead atoms. The van der Waals surface area contributed by atoms with E-state index in [1.165, 1.54) is 16.3 Å². The summed E-state index contributed by atoms with van der Waals surface area (Å²) in [5.41, 5.74) is 1.24. The van der Waals surface area contributed by atoms with Crippen LogP contribution in [0.1, 0.15) is 5.56 Å². The summed E-state index contributed by atoms with van der Waals surface area (Å²) in [6.07, 6.45) is 0. The standard InChI is InChI=1S/C7H6Cl.3C6H5.Sn/c1-6-4-2-3-5-7(6)8;3*1-2-4-6-5-3-1;/h2-5H,1H2;3*1-5H;. The fraction of sp³-hybridized carbons (Fsp3) is 0.0400. The molecule has 0 atom stereocenters. The predicted molar refractivity (Wildman–Crippen MR) is 119 cm³/mol. The monoisotopic (exact) mass is 476 g/mol. The van der Waals surface area contributed by atoms with E-state index in [2.05, 4.69) is 103 Å². The Morgan fingerprint density at radius 1 is 0.481 bits per heavy atom. The molecule has 0 saturated heterocycles. The summed E-state index contributed by atoms with van der Waals surface area (Å²) in [7, 11) is 0. The summed E-state index contributed by atoms with van der Waals surface area (Å²) < 4.78 is 5.43. The van der Waals surface area contributed by atoms with Crippen LogP contribution in [-0.4, -0.2) is 18.4 Å². The van der Waals surface area contributed by atoms with Gasteiger partial charge in [-0.2, -0.15) is 0 Å². The SMILES string of the molecule is Clc1ccccc1[CH2][Sn]([c]1ccccc1)([c]1ccccc1)[c]1ccccc1. The van der Waals surface area contributed by atoms with Crippen LogP contribution in [0.4, 0.5) is 0 Å². The van der Waals surface area contributed by atoms with Crippen molar-refractivity contribution in [2.75, 3.05) is 0 Å². The van der Waals surface area contributed by atoms with Gasteiger partial charge in [0.15, 0.2) is 0 Å². The Kier molecular flexibility index (Phi) is 5.66. The topological polar surface area (TPSA) is 0 Å². The van der Waals surface area contributed by atoms with Crippen LogP contribution in [0.3, 0.4) is 0 Å². The van der Waals surface area contributed by atoms with Gasteiger partial charge in [0.1, 0.15) is 0 Å².